The Balaban J connectivity index is 1.70. The van der Waals surface area contributed by atoms with E-state index in [1.165, 1.54) is 0 Å². The zero-order valence-electron chi connectivity index (χ0n) is 12.7. The highest BCUT2D eigenvalue weighted by Crippen LogP contribution is 2.13. The molecule has 1 N–H and O–H groups in total. The Kier molecular flexibility index (Phi) is 5.77. The highest BCUT2D eigenvalue weighted by molar-refractivity contribution is 5.78. The largest absolute Gasteiger partial charge is 0.494 e. The fourth-order valence-corrected chi connectivity index (χ4v) is 2.30. The number of carboxylic acid groups (broad SMARTS) is 1. The molecular weight excluding hydrogens is 286 g/mol. The van der Waals surface area contributed by atoms with Crippen molar-refractivity contribution in [3.63, 3.8) is 0 Å². The van der Waals surface area contributed by atoms with Gasteiger partial charge >= 0.3 is 5.97 Å². The number of hydrogen-bond acceptors (Lipinski definition) is 4. The van der Waals surface area contributed by atoms with E-state index >= 15 is 0 Å². The lowest BCUT2D eigenvalue weighted by Gasteiger charge is -2.30. The van der Waals surface area contributed by atoms with Gasteiger partial charge in [-0.05, 0) is 31.0 Å². The minimum absolute atomic E-state index is 0.0533. The fourth-order valence-electron chi connectivity index (χ4n) is 2.30. The number of aryl methyl sites for hydroxylation is 1. The molecule has 1 saturated heterocycles. The molecule has 0 radical (unpaired) electrons. The average Bonchev–Trinajstić information content (AvgIpc) is 2.51. The van der Waals surface area contributed by atoms with Crippen LogP contribution >= 0.6 is 0 Å². The van der Waals surface area contributed by atoms with E-state index in [0.29, 0.717) is 26.0 Å². The van der Waals surface area contributed by atoms with Crippen molar-refractivity contribution >= 4 is 11.9 Å². The third-order valence-electron chi connectivity index (χ3n) is 3.49. The van der Waals surface area contributed by atoms with Gasteiger partial charge in [-0.25, -0.2) is 4.79 Å². The number of rotatable bonds is 6. The molecule has 0 spiro atoms. The Labute approximate surface area is 129 Å². The first-order valence-corrected chi connectivity index (χ1v) is 7.38. The molecule has 0 saturated carbocycles. The number of carboxylic acids is 1. The van der Waals surface area contributed by atoms with Crippen molar-refractivity contribution in [3.8, 4) is 5.75 Å². The molecular formula is C16H21NO5. The molecule has 6 heteroatoms. The molecule has 1 fully saturated rings. The molecule has 22 heavy (non-hydrogen) atoms. The zero-order valence-corrected chi connectivity index (χ0v) is 12.7. The van der Waals surface area contributed by atoms with E-state index in [1.807, 2.05) is 31.2 Å². The predicted molar refractivity (Wildman–Crippen MR) is 79.9 cm³/mol. The second kappa shape index (κ2) is 7.79. The summed E-state index contributed by atoms with van der Waals surface area (Å²) in [6.07, 6.45) is 0.0290. The van der Waals surface area contributed by atoms with Gasteiger partial charge in [-0.1, -0.05) is 12.1 Å². The van der Waals surface area contributed by atoms with Gasteiger partial charge in [-0.2, -0.15) is 0 Å². The van der Waals surface area contributed by atoms with Gasteiger partial charge in [0.2, 0.25) is 5.91 Å². The van der Waals surface area contributed by atoms with Crippen molar-refractivity contribution in [1.82, 2.24) is 4.90 Å². The SMILES string of the molecule is Cc1cccc(OCCCC(=O)N2CCO[C@@H](C(=O)O)C2)c1. The predicted octanol–water partition coefficient (Wildman–Crippen LogP) is 1.47. The minimum atomic E-state index is -1.03. The number of nitrogens with zero attached hydrogens (tertiary/aromatic N) is 1. The van der Waals surface area contributed by atoms with Crippen LogP contribution in [0.15, 0.2) is 24.3 Å². The Morgan fingerprint density at radius 2 is 2.27 bits per heavy atom. The third-order valence-corrected chi connectivity index (χ3v) is 3.49. The molecule has 1 atom stereocenters. The number of morpholine rings is 1. The molecule has 0 unspecified atom stereocenters. The number of amides is 1. The van der Waals surface area contributed by atoms with E-state index in [4.69, 9.17) is 14.6 Å². The van der Waals surface area contributed by atoms with E-state index in [-0.39, 0.29) is 19.1 Å². The molecule has 120 valence electrons. The second-order valence-corrected chi connectivity index (χ2v) is 5.31. The molecule has 0 bridgehead atoms. The summed E-state index contributed by atoms with van der Waals surface area (Å²) in [4.78, 5) is 24.5. The highest BCUT2D eigenvalue weighted by atomic mass is 16.5. The standard InChI is InChI=1S/C16H21NO5/c1-12-4-2-5-13(10-12)21-8-3-6-15(18)17-7-9-22-14(11-17)16(19)20/h2,4-5,10,14H,3,6-9,11H2,1H3,(H,19,20)/t14-/m1/s1. The summed E-state index contributed by atoms with van der Waals surface area (Å²) >= 11 is 0. The van der Waals surface area contributed by atoms with Crippen LogP contribution in [0.3, 0.4) is 0 Å². The Morgan fingerprint density at radius 3 is 3.00 bits per heavy atom. The Bertz CT molecular complexity index is 531. The zero-order chi connectivity index (χ0) is 15.9. The lowest BCUT2D eigenvalue weighted by molar-refractivity contribution is -0.159. The first kappa shape index (κ1) is 16.3. The van der Waals surface area contributed by atoms with Crippen molar-refractivity contribution in [2.45, 2.75) is 25.9 Å². The van der Waals surface area contributed by atoms with E-state index in [1.54, 1.807) is 4.90 Å². The lowest BCUT2D eigenvalue weighted by atomic mass is 10.2. The van der Waals surface area contributed by atoms with Crippen LogP contribution in [0.5, 0.6) is 5.75 Å². The average molecular weight is 307 g/mol. The van der Waals surface area contributed by atoms with E-state index in [9.17, 15) is 9.59 Å². The monoisotopic (exact) mass is 307 g/mol. The molecule has 1 amide bonds. The van der Waals surface area contributed by atoms with Crippen molar-refractivity contribution < 1.29 is 24.2 Å². The fraction of sp³-hybridized carbons (Fsp3) is 0.500. The number of carbonyl (C=O) groups is 2. The molecule has 1 aliphatic rings. The Morgan fingerprint density at radius 1 is 1.45 bits per heavy atom. The van der Waals surface area contributed by atoms with Crippen LogP contribution in [-0.4, -0.2) is 54.3 Å². The van der Waals surface area contributed by atoms with Gasteiger partial charge in [0, 0.05) is 13.0 Å². The maximum Gasteiger partial charge on any atom is 0.334 e. The molecule has 1 aromatic carbocycles. The summed E-state index contributed by atoms with van der Waals surface area (Å²) in [6, 6.07) is 7.75. The van der Waals surface area contributed by atoms with Gasteiger partial charge in [0.1, 0.15) is 5.75 Å². The van der Waals surface area contributed by atoms with Crippen LogP contribution in [0.4, 0.5) is 0 Å². The first-order valence-electron chi connectivity index (χ1n) is 7.38. The van der Waals surface area contributed by atoms with Crippen molar-refractivity contribution in [1.29, 1.82) is 0 Å². The van der Waals surface area contributed by atoms with Gasteiger partial charge in [-0.15, -0.1) is 0 Å². The molecule has 0 aromatic heterocycles. The molecule has 2 rings (SSSR count). The minimum Gasteiger partial charge on any atom is -0.494 e. The van der Waals surface area contributed by atoms with E-state index in [2.05, 4.69) is 0 Å². The first-order chi connectivity index (χ1) is 10.6. The molecule has 1 heterocycles. The van der Waals surface area contributed by atoms with Crippen molar-refractivity contribution in [2.24, 2.45) is 0 Å². The van der Waals surface area contributed by atoms with Gasteiger partial charge in [0.05, 0.1) is 19.8 Å². The van der Waals surface area contributed by atoms with Crippen molar-refractivity contribution in [3.05, 3.63) is 29.8 Å². The van der Waals surface area contributed by atoms with Gasteiger partial charge in [0.15, 0.2) is 6.10 Å². The van der Waals surface area contributed by atoms with Gasteiger partial charge in [0.25, 0.3) is 0 Å². The van der Waals surface area contributed by atoms with Gasteiger partial charge < -0.3 is 19.5 Å². The second-order valence-electron chi connectivity index (χ2n) is 5.31. The topological polar surface area (TPSA) is 76.1 Å². The van der Waals surface area contributed by atoms with Crippen LogP contribution in [0, 0.1) is 6.92 Å². The number of ether oxygens (including phenoxy) is 2. The van der Waals surface area contributed by atoms with Crippen LogP contribution < -0.4 is 4.74 Å². The Hall–Kier alpha value is -2.08. The highest BCUT2D eigenvalue weighted by Gasteiger charge is 2.28. The van der Waals surface area contributed by atoms with Crippen molar-refractivity contribution in [2.75, 3.05) is 26.3 Å². The molecule has 1 aromatic rings. The maximum absolute atomic E-state index is 12.1. The van der Waals surface area contributed by atoms with Crippen LogP contribution in [0.2, 0.25) is 0 Å². The summed E-state index contributed by atoms with van der Waals surface area (Å²) in [5, 5.41) is 8.92. The maximum atomic E-state index is 12.1. The molecule has 0 aliphatic carbocycles. The van der Waals surface area contributed by atoms with Crippen LogP contribution in [0.1, 0.15) is 18.4 Å². The quantitative estimate of drug-likeness (QED) is 0.805. The normalized spacial score (nSPS) is 18.0. The van der Waals surface area contributed by atoms with E-state index < -0.39 is 12.1 Å². The summed E-state index contributed by atoms with van der Waals surface area (Å²) in [7, 11) is 0. The van der Waals surface area contributed by atoms with Crippen LogP contribution in [0.25, 0.3) is 0 Å². The number of carbonyl (C=O) groups excluding carboxylic acids is 1. The summed E-state index contributed by atoms with van der Waals surface area (Å²) in [6.45, 7) is 3.28. The lowest BCUT2D eigenvalue weighted by Crippen LogP contribution is -2.48. The number of aliphatic carboxylic acids is 1. The van der Waals surface area contributed by atoms with Crippen LogP contribution in [-0.2, 0) is 14.3 Å². The molecule has 6 nitrogen and oxygen atoms in total. The third kappa shape index (κ3) is 4.73. The number of hydrogen-bond donors (Lipinski definition) is 1. The number of benzene rings is 1. The summed E-state index contributed by atoms with van der Waals surface area (Å²) in [5.41, 5.74) is 1.13. The molecule has 1 aliphatic heterocycles. The summed E-state index contributed by atoms with van der Waals surface area (Å²) in [5.74, 6) is -0.285. The smallest absolute Gasteiger partial charge is 0.334 e. The summed E-state index contributed by atoms with van der Waals surface area (Å²) < 4.78 is 10.7. The van der Waals surface area contributed by atoms with Gasteiger partial charge in [-0.3, -0.25) is 4.79 Å². The van der Waals surface area contributed by atoms with E-state index in [0.717, 1.165) is 11.3 Å².